The Hall–Kier alpha value is -1.09. The first-order valence-corrected chi connectivity index (χ1v) is 6.42. The van der Waals surface area contributed by atoms with E-state index in [2.05, 4.69) is 68.4 Å². The zero-order valence-corrected chi connectivity index (χ0v) is 12.7. The van der Waals surface area contributed by atoms with Crippen LogP contribution in [0.15, 0.2) is 42.5 Å². The fourth-order valence-electron chi connectivity index (χ4n) is 2.31. The summed E-state index contributed by atoms with van der Waals surface area (Å²) in [6, 6.07) is 14.8. The van der Waals surface area contributed by atoms with E-state index in [-0.39, 0.29) is 17.9 Å². The molecule has 2 N–H and O–H groups in total. The van der Waals surface area contributed by atoms with Gasteiger partial charge in [-0.3, -0.25) is 0 Å². The van der Waals surface area contributed by atoms with E-state index in [4.69, 9.17) is 5.73 Å². The highest BCUT2D eigenvalue weighted by atomic mass is 35.5. The van der Waals surface area contributed by atoms with Gasteiger partial charge in [-0.2, -0.15) is 0 Å². The standard InChI is InChI=1S/C16H22N2.ClH/c1-16(17,11-12-18(2)3)15-10-6-8-13-7-4-5-9-14(13)15;/h4-10H,11-12,17H2,1-3H3;1H. The van der Waals surface area contributed by atoms with Gasteiger partial charge < -0.3 is 10.6 Å². The minimum atomic E-state index is -0.287. The Bertz CT molecular complexity index is 530. The van der Waals surface area contributed by atoms with E-state index in [0.29, 0.717) is 0 Å². The molecule has 19 heavy (non-hydrogen) atoms. The van der Waals surface area contributed by atoms with Crippen molar-refractivity contribution in [3.05, 3.63) is 48.0 Å². The summed E-state index contributed by atoms with van der Waals surface area (Å²) in [5.74, 6) is 0. The van der Waals surface area contributed by atoms with Gasteiger partial charge in [0.15, 0.2) is 0 Å². The fraction of sp³-hybridized carbons (Fsp3) is 0.375. The number of nitrogens with zero attached hydrogens (tertiary/aromatic N) is 1. The van der Waals surface area contributed by atoms with Gasteiger partial charge in [-0.25, -0.2) is 0 Å². The molecule has 2 nitrogen and oxygen atoms in total. The van der Waals surface area contributed by atoms with Gasteiger partial charge in [0.05, 0.1) is 0 Å². The van der Waals surface area contributed by atoms with Crippen molar-refractivity contribution >= 4 is 23.2 Å². The van der Waals surface area contributed by atoms with Gasteiger partial charge in [0, 0.05) is 5.54 Å². The van der Waals surface area contributed by atoms with E-state index < -0.39 is 0 Å². The van der Waals surface area contributed by atoms with Crippen molar-refractivity contribution < 1.29 is 0 Å². The van der Waals surface area contributed by atoms with Gasteiger partial charge in [0.1, 0.15) is 0 Å². The van der Waals surface area contributed by atoms with Crippen LogP contribution in [0.2, 0.25) is 0 Å². The molecular weight excluding hydrogens is 256 g/mol. The summed E-state index contributed by atoms with van der Waals surface area (Å²) in [6.45, 7) is 3.12. The Morgan fingerprint density at radius 2 is 1.68 bits per heavy atom. The van der Waals surface area contributed by atoms with E-state index in [9.17, 15) is 0 Å². The Balaban J connectivity index is 0.00000180. The van der Waals surface area contributed by atoms with E-state index in [1.165, 1.54) is 16.3 Å². The molecule has 104 valence electrons. The number of rotatable bonds is 4. The van der Waals surface area contributed by atoms with E-state index in [1.807, 2.05) is 0 Å². The quantitative estimate of drug-likeness (QED) is 0.929. The molecule has 0 bridgehead atoms. The van der Waals surface area contributed by atoms with Crippen LogP contribution in [0.1, 0.15) is 18.9 Å². The molecule has 0 aromatic heterocycles. The van der Waals surface area contributed by atoms with Crippen LogP contribution in [-0.4, -0.2) is 25.5 Å². The molecule has 0 saturated heterocycles. The van der Waals surface area contributed by atoms with Crippen molar-refractivity contribution in [3.63, 3.8) is 0 Å². The maximum atomic E-state index is 6.53. The molecule has 0 amide bonds. The number of nitrogens with two attached hydrogens (primary N) is 1. The third-order valence-corrected chi connectivity index (χ3v) is 3.48. The number of halogens is 1. The maximum absolute atomic E-state index is 6.53. The van der Waals surface area contributed by atoms with Crippen molar-refractivity contribution in [1.82, 2.24) is 4.90 Å². The maximum Gasteiger partial charge on any atom is 0.0399 e. The van der Waals surface area contributed by atoms with Crippen LogP contribution in [0, 0.1) is 0 Å². The lowest BCUT2D eigenvalue weighted by molar-refractivity contribution is 0.335. The topological polar surface area (TPSA) is 29.3 Å². The van der Waals surface area contributed by atoms with E-state index >= 15 is 0 Å². The second kappa shape index (κ2) is 6.38. The minimum absolute atomic E-state index is 0. The summed E-state index contributed by atoms with van der Waals surface area (Å²) in [7, 11) is 4.17. The molecule has 0 spiro atoms. The molecule has 0 aliphatic rings. The molecule has 0 radical (unpaired) electrons. The van der Waals surface area contributed by atoms with Crippen LogP contribution < -0.4 is 5.73 Å². The third kappa shape index (κ3) is 3.69. The molecule has 0 fully saturated rings. The Morgan fingerprint density at radius 1 is 1.05 bits per heavy atom. The fourth-order valence-corrected chi connectivity index (χ4v) is 2.31. The average molecular weight is 279 g/mol. The highest BCUT2D eigenvalue weighted by molar-refractivity contribution is 5.86. The molecule has 2 aromatic rings. The molecule has 0 heterocycles. The molecule has 0 saturated carbocycles. The SMILES string of the molecule is CN(C)CCC(C)(N)c1cccc2ccccc12.Cl. The minimum Gasteiger partial charge on any atom is -0.322 e. The van der Waals surface area contributed by atoms with Gasteiger partial charge in [0.25, 0.3) is 0 Å². The molecule has 2 rings (SSSR count). The molecule has 3 heteroatoms. The molecule has 1 atom stereocenters. The van der Waals surface area contributed by atoms with Crippen LogP contribution in [0.25, 0.3) is 10.8 Å². The van der Waals surface area contributed by atoms with Crippen molar-refractivity contribution in [2.24, 2.45) is 5.73 Å². The van der Waals surface area contributed by atoms with Gasteiger partial charge in [-0.15, -0.1) is 12.4 Å². The Labute approximate surface area is 122 Å². The summed E-state index contributed by atoms with van der Waals surface area (Å²) < 4.78 is 0. The molecule has 0 aliphatic carbocycles. The molecule has 1 unspecified atom stereocenters. The lowest BCUT2D eigenvalue weighted by Gasteiger charge is -2.28. The predicted molar refractivity (Wildman–Crippen MR) is 85.9 cm³/mol. The van der Waals surface area contributed by atoms with Gasteiger partial charge in [-0.05, 0) is 50.3 Å². The van der Waals surface area contributed by atoms with Crippen LogP contribution in [0.3, 0.4) is 0 Å². The molecular formula is C16H23ClN2. The van der Waals surface area contributed by atoms with Crippen LogP contribution in [0.5, 0.6) is 0 Å². The highest BCUT2D eigenvalue weighted by Gasteiger charge is 2.22. The second-order valence-electron chi connectivity index (χ2n) is 5.50. The summed E-state index contributed by atoms with van der Waals surface area (Å²) >= 11 is 0. The van der Waals surface area contributed by atoms with Crippen LogP contribution in [0.4, 0.5) is 0 Å². The highest BCUT2D eigenvalue weighted by Crippen LogP contribution is 2.29. The smallest absolute Gasteiger partial charge is 0.0399 e. The zero-order chi connectivity index (χ0) is 13.2. The van der Waals surface area contributed by atoms with Crippen molar-refractivity contribution in [3.8, 4) is 0 Å². The van der Waals surface area contributed by atoms with Gasteiger partial charge in [0.2, 0.25) is 0 Å². The normalized spacial score (nSPS) is 14.2. The van der Waals surface area contributed by atoms with Crippen LogP contribution in [-0.2, 0) is 5.54 Å². The summed E-state index contributed by atoms with van der Waals surface area (Å²) in [4.78, 5) is 2.18. The van der Waals surface area contributed by atoms with E-state index in [0.717, 1.165) is 13.0 Å². The predicted octanol–water partition coefficient (Wildman–Crippen LogP) is 3.39. The number of fused-ring (bicyclic) bond motifs is 1. The van der Waals surface area contributed by atoms with Crippen molar-refractivity contribution in [1.29, 1.82) is 0 Å². The third-order valence-electron chi connectivity index (χ3n) is 3.48. The lowest BCUT2D eigenvalue weighted by atomic mass is 9.86. The second-order valence-corrected chi connectivity index (χ2v) is 5.50. The summed E-state index contributed by atoms with van der Waals surface area (Å²) in [6.07, 6.45) is 0.952. The first kappa shape index (κ1) is 16.0. The van der Waals surface area contributed by atoms with Crippen molar-refractivity contribution in [2.45, 2.75) is 18.9 Å². The summed E-state index contributed by atoms with van der Waals surface area (Å²) in [5.41, 5.74) is 7.48. The largest absolute Gasteiger partial charge is 0.322 e. The van der Waals surface area contributed by atoms with Gasteiger partial charge >= 0.3 is 0 Å². The number of benzene rings is 2. The average Bonchev–Trinajstić information content (AvgIpc) is 2.36. The first-order chi connectivity index (χ1) is 8.50. The Kier molecular flexibility index (Phi) is 5.36. The van der Waals surface area contributed by atoms with Crippen LogP contribution >= 0.6 is 12.4 Å². The monoisotopic (exact) mass is 278 g/mol. The number of hydrogen-bond donors (Lipinski definition) is 1. The first-order valence-electron chi connectivity index (χ1n) is 6.42. The van der Waals surface area contributed by atoms with Crippen molar-refractivity contribution in [2.75, 3.05) is 20.6 Å². The number of hydrogen-bond acceptors (Lipinski definition) is 2. The zero-order valence-electron chi connectivity index (χ0n) is 11.9. The summed E-state index contributed by atoms with van der Waals surface area (Å²) in [5, 5.41) is 2.53. The Morgan fingerprint density at radius 3 is 2.37 bits per heavy atom. The molecule has 2 aromatic carbocycles. The van der Waals surface area contributed by atoms with E-state index in [1.54, 1.807) is 0 Å². The lowest BCUT2D eigenvalue weighted by Crippen LogP contribution is -2.36. The molecule has 0 aliphatic heterocycles. The van der Waals surface area contributed by atoms with Gasteiger partial charge in [-0.1, -0.05) is 42.5 Å².